The first-order chi connectivity index (χ1) is 12.7. The van der Waals surface area contributed by atoms with Crippen LogP contribution in [0.2, 0.25) is 0 Å². The second-order valence-corrected chi connectivity index (χ2v) is 5.67. The molecule has 0 amide bonds. The third-order valence-electron chi connectivity index (χ3n) is 3.75. The summed E-state index contributed by atoms with van der Waals surface area (Å²) in [5.41, 5.74) is 2.60. The van der Waals surface area contributed by atoms with Crippen molar-refractivity contribution in [1.82, 2.24) is 0 Å². The lowest BCUT2D eigenvalue weighted by molar-refractivity contribution is -0.136. The van der Waals surface area contributed by atoms with Gasteiger partial charge in [-0.25, -0.2) is 4.79 Å². The Bertz CT molecular complexity index is 929. The second-order valence-electron chi connectivity index (χ2n) is 5.67. The molecule has 0 unspecified atom stereocenters. The molecule has 0 bridgehead atoms. The first kappa shape index (κ1) is 17.2. The molecule has 0 aromatic heterocycles. The van der Waals surface area contributed by atoms with Crippen LogP contribution < -0.4 is 9.47 Å². The van der Waals surface area contributed by atoms with Gasteiger partial charge in [-0.3, -0.25) is 0 Å². The first-order valence-corrected chi connectivity index (χ1v) is 8.20. The van der Waals surface area contributed by atoms with E-state index in [0.717, 1.165) is 12.0 Å². The molecule has 0 atom stereocenters. The minimum Gasteiger partial charge on any atom is -0.482 e. The Hall–Kier alpha value is -3.58. The summed E-state index contributed by atoms with van der Waals surface area (Å²) in [7, 11) is 0. The van der Waals surface area contributed by atoms with Crippen LogP contribution in [-0.4, -0.2) is 12.6 Å². The molecular formula is C22H17NO3. The molecule has 0 heterocycles. The zero-order chi connectivity index (χ0) is 18.2. The molecule has 128 valence electrons. The third kappa shape index (κ3) is 4.71. The van der Waals surface area contributed by atoms with Crippen LogP contribution in [-0.2, 0) is 11.2 Å². The van der Waals surface area contributed by atoms with Crippen molar-refractivity contribution in [2.45, 2.75) is 6.42 Å². The van der Waals surface area contributed by atoms with Crippen molar-refractivity contribution in [3.63, 3.8) is 0 Å². The van der Waals surface area contributed by atoms with E-state index in [9.17, 15) is 4.79 Å². The van der Waals surface area contributed by atoms with Crippen LogP contribution in [0.25, 0.3) is 0 Å². The van der Waals surface area contributed by atoms with Crippen LogP contribution in [0, 0.1) is 11.3 Å². The fourth-order valence-corrected chi connectivity index (χ4v) is 2.53. The highest BCUT2D eigenvalue weighted by Gasteiger charge is 2.09. The van der Waals surface area contributed by atoms with Gasteiger partial charge in [0, 0.05) is 6.42 Å². The monoisotopic (exact) mass is 343 g/mol. The summed E-state index contributed by atoms with van der Waals surface area (Å²) in [6.45, 7) is -0.206. The number of nitrogens with zero attached hydrogens (tertiary/aromatic N) is 1. The lowest BCUT2D eigenvalue weighted by Crippen LogP contribution is -2.18. The molecule has 0 N–H and O–H groups in total. The van der Waals surface area contributed by atoms with Crippen molar-refractivity contribution >= 4 is 5.97 Å². The normalized spacial score (nSPS) is 9.96. The lowest BCUT2D eigenvalue weighted by atomic mass is 10.0. The minimum atomic E-state index is -0.519. The Kier molecular flexibility index (Phi) is 5.64. The second kappa shape index (κ2) is 8.50. The molecule has 26 heavy (non-hydrogen) atoms. The molecule has 0 radical (unpaired) electrons. The van der Waals surface area contributed by atoms with E-state index in [0.29, 0.717) is 17.1 Å². The quantitative estimate of drug-likeness (QED) is 0.499. The number of hydrogen-bond acceptors (Lipinski definition) is 4. The van der Waals surface area contributed by atoms with Crippen LogP contribution in [0.5, 0.6) is 11.5 Å². The van der Waals surface area contributed by atoms with E-state index in [1.54, 1.807) is 18.2 Å². The van der Waals surface area contributed by atoms with Gasteiger partial charge in [0.1, 0.15) is 11.5 Å². The van der Waals surface area contributed by atoms with Crippen molar-refractivity contribution in [2.24, 2.45) is 0 Å². The Balaban J connectivity index is 1.62. The van der Waals surface area contributed by atoms with Crippen molar-refractivity contribution in [3.8, 4) is 17.6 Å². The van der Waals surface area contributed by atoms with Gasteiger partial charge in [-0.1, -0.05) is 54.6 Å². The number of ether oxygens (including phenoxy) is 2. The average molecular weight is 343 g/mol. The fraction of sp³-hybridized carbons (Fsp3) is 0.0909. The number of rotatable bonds is 6. The summed E-state index contributed by atoms with van der Waals surface area (Å²) in [6.07, 6.45) is 0.719. The fourth-order valence-electron chi connectivity index (χ4n) is 2.53. The molecule has 0 aliphatic rings. The van der Waals surface area contributed by atoms with Gasteiger partial charge in [0.2, 0.25) is 0 Å². The topological polar surface area (TPSA) is 59.3 Å². The minimum absolute atomic E-state index is 0.206. The molecule has 3 aromatic carbocycles. The zero-order valence-corrected chi connectivity index (χ0v) is 14.1. The Morgan fingerprint density at radius 2 is 1.69 bits per heavy atom. The lowest BCUT2D eigenvalue weighted by Gasteiger charge is -2.11. The molecule has 0 fully saturated rings. The Morgan fingerprint density at radius 3 is 2.50 bits per heavy atom. The Morgan fingerprint density at radius 1 is 0.923 bits per heavy atom. The first-order valence-electron chi connectivity index (χ1n) is 8.20. The summed E-state index contributed by atoms with van der Waals surface area (Å²) in [4.78, 5) is 12.0. The highest BCUT2D eigenvalue weighted by Crippen LogP contribution is 2.21. The van der Waals surface area contributed by atoms with E-state index >= 15 is 0 Å². The van der Waals surface area contributed by atoms with Crippen molar-refractivity contribution in [2.75, 3.05) is 6.61 Å². The van der Waals surface area contributed by atoms with Gasteiger partial charge in [0.25, 0.3) is 0 Å². The molecular weight excluding hydrogens is 326 g/mol. The maximum atomic E-state index is 12.0. The molecule has 4 heteroatoms. The van der Waals surface area contributed by atoms with E-state index in [1.807, 2.05) is 60.7 Å². The highest BCUT2D eigenvalue weighted by atomic mass is 16.6. The third-order valence-corrected chi connectivity index (χ3v) is 3.75. The van der Waals surface area contributed by atoms with Crippen molar-refractivity contribution < 1.29 is 14.3 Å². The highest BCUT2D eigenvalue weighted by molar-refractivity contribution is 5.74. The van der Waals surface area contributed by atoms with E-state index in [-0.39, 0.29) is 6.61 Å². The molecule has 3 aromatic rings. The maximum absolute atomic E-state index is 12.0. The van der Waals surface area contributed by atoms with Crippen LogP contribution >= 0.6 is 0 Å². The smallest absolute Gasteiger partial charge is 0.349 e. The van der Waals surface area contributed by atoms with Gasteiger partial charge in [0.05, 0.1) is 11.6 Å². The van der Waals surface area contributed by atoms with Crippen molar-refractivity contribution in [3.05, 3.63) is 95.6 Å². The summed E-state index contributed by atoms with van der Waals surface area (Å²) < 4.78 is 10.9. The van der Waals surface area contributed by atoms with E-state index < -0.39 is 5.97 Å². The predicted molar refractivity (Wildman–Crippen MR) is 98.0 cm³/mol. The van der Waals surface area contributed by atoms with Crippen LogP contribution in [0.3, 0.4) is 0 Å². The van der Waals surface area contributed by atoms with Crippen LogP contribution in [0.4, 0.5) is 0 Å². The van der Waals surface area contributed by atoms with Crippen molar-refractivity contribution in [1.29, 1.82) is 5.26 Å². The van der Waals surface area contributed by atoms with E-state index in [4.69, 9.17) is 14.7 Å². The predicted octanol–water partition coefficient (Wildman–Crippen LogP) is 4.13. The van der Waals surface area contributed by atoms with Crippen LogP contribution in [0.1, 0.15) is 16.7 Å². The van der Waals surface area contributed by atoms with E-state index in [2.05, 4.69) is 0 Å². The van der Waals surface area contributed by atoms with Gasteiger partial charge < -0.3 is 9.47 Å². The van der Waals surface area contributed by atoms with Gasteiger partial charge >= 0.3 is 5.97 Å². The summed E-state index contributed by atoms with van der Waals surface area (Å²) in [5.74, 6) is 0.462. The maximum Gasteiger partial charge on any atom is 0.349 e. The molecule has 0 saturated heterocycles. The largest absolute Gasteiger partial charge is 0.482 e. The number of carbonyl (C=O) groups is 1. The number of para-hydroxylation sites is 1. The van der Waals surface area contributed by atoms with Gasteiger partial charge in [-0.05, 0) is 35.4 Å². The zero-order valence-electron chi connectivity index (χ0n) is 14.1. The summed E-state index contributed by atoms with van der Waals surface area (Å²) >= 11 is 0. The summed E-state index contributed by atoms with van der Waals surface area (Å²) in [5, 5.41) is 8.88. The SMILES string of the molecule is N#Cc1cccc(OC(=O)COc2ccccc2Cc2ccccc2)c1. The molecule has 0 aliphatic heterocycles. The number of esters is 1. The van der Waals surface area contributed by atoms with Gasteiger partial charge in [-0.2, -0.15) is 5.26 Å². The summed E-state index contributed by atoms with van der Waals surface area (Å²) in [6, 6.07) is 26.1. The van der Waals surface area contributed by atoms with Gasteiger partial charge in [-0.15, -0.1) is 0 Å². The van der Waals surface area contributed by atoms with Crippen LogP contribution in [0.15, 0.2) is 78.9 Å². The molecule has 0 aliphatic carbocycles. The van der Waals surface area contributed by atoms with E-state index in [1.165, 1.54) is 11.6 Å². The number of benzene rings is 3. The number of carbonyl (C=O) groups excluding carboxylic acids is 1. The van der Waals surface area contributed by atoms with Gasteiger partial charge in [0.15, 0.2) is 6.61 Å². The molecule has 0 saturated carbocycles. The molecule has 0 spiro atoms. The number of nitriles is 1. The standard InChI is InChI=1S/C22H17NO3/c23-15-18-9-6-11-20(14-18)26-22(24)16-25-21-12-5-4-10-19(21)13-17-7-2-1-3-8-17/h1-12,14H,13,16H2. The Labute approximate surface area is 152 Å². The average Bonchev–Trinajstić information content (AvgIpc) is 2.68. The molecule has 3 rings (SSSR count). The number of hydrogen-bond donors (Lipinski definition) is 0. The molecule has 4 nitrogen and oxygen atoms in total.